The molecule has 116 valence electrons. The highest BCUT2D eigenvalue weighted by Crippen LogP contribution is 2.46. The van der Waals surface area contributed by atoms with Gasteiger partial charge in [-0.2, -0.15) is 0 Å². The van der Waals surface area contributed by atoms with E-state index in [2.05, 4.69) is 5.92 Å². The number of hydrogen-bond donors (Lipinski definition) is 2. The van der Waals surface area contributed by atoms with Gasteiger partial charge in [0.15, 0.2) is 0 Å². The van der Waals surface area contributed by atoms with Gasteiger partial charge in [-0.25, -0.2) is 4.79 Å². The quantitative estimate of drug-likeness (QED) is 0.836. The van der Waals surface area contributed by atoms with Gasteiger partial charge in [-0.15, -0.1) is 6.42 Å². The Kier molecular flexibility index (Phi) is 3.49. The zero-order valence-corrected chi connectivity index (χ0v) is 12.6. The first-order chi connectivity index (χ1) is 11.0. The van der Waals surface area contributed by atoms with Crippen molar-refractivity contribution in [1.29, 1.82) is 0 Å². The Labute approximate surface area is 134 Å². The molecule has 0 aromatic heterocycles. The summed E-state index contributed by atoms with van der Waals surface area (Å²) in [4.78, 5) is 11.0. The number of fused-ring (bicyclic) bond motifs is 1. The Morgan fingerprint density at radius 2 is 2.00 bits per heavy atom. The first-order valence-corrected chi connectivity index (χ1v) is 7.25. The second-order valence-corrected chi connectivity index (χ2v) is 5.73. The molecule has 3 rings (SSSR count). The number of carbonyl (C=O) groups is 1. The third-order valence-electron chi connectivity index (χ3n) is 4.56. The maximum atomic E-state index is 11.0. The molecule has 2 N–H and O–H groups in total. The zero-order chi connectivity index (χ0) is 16.6. The maximum Gasteiger partial charge on any atom is 0.335 e. The summed E-state index contributed by atoms with van der Waals surface area (Å²) >= 11 is 0. The Hall–Kier alpha value is -2.93. The van der Waals surface area contributed by atoms with E-state index in [0.29, 0.717) is 5.75 Å². The zero-order valence-electron chi connectivity index (χ0n) is 12.6. The van der Waals surface area contributed by atoms with E-state index in [9.17, 15) is 9.90 Å². The van der Waals surface area contributed by atoms with E-state index in [1.165, 1.54) is 0 Å². The minimum Gasteiger partial charge on any atom is -0.508 e. The van der Waals surface area contributed by atoms with Crippen molar-refractivity contribution in [3.63, 3.8) is 0 Å². The van der Waals surface area contributed by atoms with E-state index in [1.54, 1.807) is 36.4 Å². The van der Waals surface area contributed by atoms with Gasteiger partial charge in [-0.1, -0.05) is 31.0 Å². The molecular weight excluding hydrogens is 292 g/mol. The van der Waals surface area contributed by atoms with Crippen LogP contribution in [-0.4, -0.2) is 22.8 Å². The van der Waals surface area contributed by atoms with Gasteiger partial charge in [-0.05, 0) is 29.3 Å². The van der Waals surface area contributed by atoms with Gasteiger partial charge in [0, 0.05) is 12.0 Å². The molecule has 1 aliphatic heterocycles. The van der Waals surface area contributed by atoms with Gasteiger partial charge in [0.2, 0.25) is 0 Å². The fraction of sp³-hybridized carbons (Fsp3) is 0.211. The summed E-state index contributed by atoms with van der Waals surface area (Å²) < 4.78 is 5.79. The van der Waals surface area contributed by atoms with Crippen LogP contribution in [0.1, 0.15) is 34.3 Å². The van der Waals surface area contributed by atoms with Gasteiger partial charge >= 0.3 is 5.97 Å². The number of phenols is 1. The van der Waals surface area contributed by atoms with Crippen LogP contribution in [0.2, 0.25) is 0 Å². The molecule has 2 aromatic carbocycles. The summed E-state index contributed by atoms with van der Waals surface area (Å²) in [6.07, 6.45) is 5.85. The Bertz CT molecular complexity index is 801. The van der Waals surface area contributed by atoms with Crippen LogP contribution in [0.5, 0.6) is 11.5 Å². The van der Waals surface area contributed by atoms with Crippen molar-refractivity contribution in [2.45, 2.75) is 18.3 Å². The monoisotopic (exact) mass is 308 g/mol. The van der Waals surface area contributed by atoms with Crippen molar-refractivity contribution in [3.8, 4) is 23.8 Å². The molecule has 1 heterocycles. The van der Waals surface area contributed by atoms with Crippen LogP contribution in [0, 0.1) is 12.3 Å². The van der Waals surface area contributed by atoms with Gasteiger partial charge in [0.25, 0.3) is 0 Å². The number of aromatic hydroxyl groups is 1. The average Bonchev–Trinajstić information content (AvgIpc) is 2.56. The Balaban J connectivity index is 2.07. The summed E-state index contributed by atoms with van der Waals surface area (Å²) in [6.45, 7) is 2.29. The molecule has 0 aliphatic carbocycles. The molecule has 0 bridgehead atoms. The van der Waals surface area contributed by atoms with Gasteiger partial charge < -0.3 is 14.9 Å². The fourth-order valence-corrected chi connectivity index (χ4v) is 3.08. The van der Waals surface area contributed by atoms with E-state index in [0.717, 1.165) is 11.1 Å². The summed E-state index contributed by atoms with van der Waals surface area (Å²) in [5, 5.41) is 18.6. The Morgan fingerprint density at radius 3 is 2.61 bits per heavy atom. The lowest BCUT2D eigenvalue weighted by molar-refractivity contribution is 0.0697. The summed E-state index contributed by atoms with van der Waals surface area (Å²) in [5.74, 6) is 2.62. The highest BCUT2D eigenvalue weighted by atomic mass is 16.5. The Morgan fingerprint density at radius 1 is 1.30 bits per heavy atom. The second kappa shape index (κ2) is 5.36. The lowest BCUT2D eigenvalue weighted by Crippen LogP contribution is -2.40. The lowest BCUT2D eigenvalue weighted by atomic mass is 9.68. The average molecular weight is 308 g/mol. The van der Waals surface area contributed by atoms with Crippen LogP contribution in [0.25, 0.3) is 0 Å². The maximum absolute atomic E-state index is 11.0. The summed E-state index contributed by atoms with van der Waals surface area (Å²) in [7, 11) is 0. The molecule has 0 saturated carbocycles. The SMILES string of the molecule is C#C[C@]1(c2ccc(C(=O)O)cc2)COc2cc(O)ccc2[C@H]1C. The van der Waals surface area contributed by atoms with Crippen LogP contribution in [0.3, 0.4) is 0 Å². The molecule has 0 saturated heterocycles. The minimum atomic E-state index is -0.972. The molecule has 2 atom stereocenters. The van der Waals surface area contributed by atoms with Crippen molar-refractivity contribution in [1.82, 2.24) is 0 Å². The normalized spacial score (nSPS) is 22.5. The number of carboxylic acid groups (broad SMARTS) is 1. The van der Waals surface area contributed by atoms with Crippen molar-refractivity contribution in [3.05, 3.63) is 59.2 Å². The minimum absolute atomic E-state index is 0.0347. The third kappa shape index (κ3) is 2.31. The number of terminal acetylenes is 1. The van der Waals surface area contributed by atoms with E-state index in [1.807, 2.05) is 13.0 Å². The first kappa shape index (κ1) is 15.0. The molecule has 0 spiro atoms. The number of benzene rings is 2. The van der Waals surface area contributed by atoms with Crippen LogP contribution < -0.4 is 4.74 Å². The molecule has 0 unspecified atom stereocenters. The largest absolute Gasteiger partial charge is 0.508 e. The third-order valence-corrected chi connectivity index (χ3v) is 4.56. The lowest BCUT2D eigenvalue weighted by Gasteiger charge is -2.40. The van der Waals surface area contributed by atoms with Crippen molar-refractivity contribution < 1.29 is 19.7 Å². The van der Waals surface area contributed by atoms with E-state index in [-0.39, 0.29) is 23.8 Å². The van der Waals surface area contributed by atoms with Gasteiger partial charge in [0.1, 0.15) is 18.1 Å². The second-order valence-electron chi connectivity index (χ2n) is 5.73. The molecule has 0 radical (unpaired) electrons. The van der Waals surface area contributed by atoms with E-state index >= 15 is 0 Å². The molecular formula is C19H16O4. The number of phenolic OH excluding ortho intramolecular Hbond substituents is 1. The topological polar surface area (TPSA) is 66.8 Å². The first-order valence-electron chi connectivity index (χ1n) is 7.25. The molecule has 0 amide bonds. The number of ether oxygens (including phenoxy) is 1. The molecule has 0 fully saturated rings. The smallest absolute Gasteiger partial charge is 0.335 e. The summed E-state index contributed by atoms with van der Waals surface area (Å²) in [5.41, 5.74) is 1.31. The number of hydrogen-bond acceptors (Lipinski definition) is 3. The number of aromatic carboxylic acids is 1. The van der Waals surface area contributed by atoms with Crippen LogP contribution in [0.15, 0.2) is 42.5 Å². The number of rotatable bonds is 2. The van der Waals surface area contributed by atoms with Crippen LogP contribution in [-0.2, 0) is 5.41 Å². The highest BCUT2D eigenvalue weighted by molar-refractivity contribution is 5.87. The van der Waals surface area contributed by atoms with Crippen molar-refractivity contribution >= 4 is 5.97 Å². The van der Waals surface area contributed by atoms with Gasteiger partial charge in [0.05, 0.1) is 11.0 Å². The van der Waals surface area contributed by atoms with Crippen molar-refractivity contribution in [2.75, 3.05) is 6.61 Å². The number of carboxylic acids is 1. The highest BCUT2D eigenvalue weighted by Gasteiger charge is 2.42. The fourth-order valence-electron chi connectivity index (χ4n) is 3.08. The predicted octanol–water partition coefficient (Wildman–Crippen LogP) is 3.16. The summed E-state index contributed by atoms with van der Waals surface area (Å²) in [6, 6.07) is 11.6. The van der Waals surface area contributed by atoms with Gasteiger partial charge in [-0.3, -0.25) is 0 Å². The van der Waals surface area contributed by atoms with Crippen molar-refractivity contribution in [2.24, 2.45) is 0 Å². The molecule has 23 heavy (non-hydrogen) atoms. The van der Waals surface area contributed by atoms with E-state index in [4.69, 9.17) is 16.3 Å². The van der Waals surface area contributed by atoms with Crippen LogP contribution >= 0.6 is 0 Å². The molecule has 2 aromatic rings. The molecule has 4 nitrogen and oxygen atoms in total. The van der Waals surface area contributed by atoms with E-state index < -0.39 is 11.4 Å². The standard InChI is InChI=1S/C19H16O4/c1-3-19(14-6-4-13(5-7-14)18(21)22)11-23-17-10-15(20)8-9-16(17)12(19)2/h1,4-10,12,20H,11H2,2H3,(H,21,22)/t12-,19+/m1/s1. The predicted molar refractivity (Wildman–Crippen MR) is 85.9 cm³/mol. The molecule has 4 heteroatoms. The molecule has 1 aliphatic rings. The van der Waals surface area contributed by atoms with Crippen LogP contribution in [0.4, 0.5) is 0 Å².